The Morgan fingerprint density at radius 1 is 0.810 bits per heavy atom. The van der Waals surface area contributed by atoms with Gasteiger partial charge >= 0.3 is 0 Å². The highest BCUT2D eigenvalue weighted by Crippen LogP contribution is 2.23. The van der Waals surface area contributed by atoms with Crippen LogP contribution in [0.4, 0.5) is 5.69 Å². The SMILES string of the molecule is Clc1cc(Cl)cc(NCCc2cccc3ccccc23)c1. The molecule has 106 valence electrons. The largest absolute Gasteiger partial charge is 0.385 e. The van der Waals surface area contributed by atoms with Crippen LogP contribution < -0.4 is 5.32 Å². The molecule has 1 nitrogen and oxygen atoms in total. The lowest BCUT2D eigenvalue weighted by Gasteiger charge is -2.09. The van der Waals surface area contributed by atoms with Gasteiger partial charge in [0.2, 0.25) is 0 Å². The number of rotatable bonds is 4. The zero-order valence-electron chi connectivity index (χ0n) is 11.4. The molecule has 0 aliphatic carbocycles. The summed E-state index contributed by atoms with van der Waals surface area (Å²) in [4.78, 5) is 0. The Morgan fingerprint density at radius 3 is 2.33 bits per heavy atom. The summed E-state index contributed by atoms with van der Waals surface area (Å²) in [6.07, 6.45) is 0.950. The van der Waals surface area contributed by atoms with Crippen LogP contribution in [0.3, 0.4) is 0 Å². The minimum atomic E-state index is 0.648. The maximum Gasteiger partial charge on any atom is 0.0441 e. The third-order valence-corrected chi connectivity index (χ3v) is 3.90. The van der Waals surface area contributed by atoms with Gasteiger partial charge in [0.1, 0.15) is 0 Å². The third kappa shape index (κ3) is 3.49. The van der Waals surface area contributed by atoms with E-state index in [-0.39, 0.29) is 0 Å². The summed E-state index contributed by atoms with van der Waals surface area (Å²) in [6, 6.07) is 20.4. The maximum absolute atomic E-state index is 6.00. The van der Waals surface area contributed by atoms with Crippen molar-refractivity contribution in [2.75, 3.05) is 11.9 Å². The molecule has 3 rings (SSSR count). The molecule has 0 atom stereocenters. The van der Waals surface area contributed by atoms with Crippen molar-refractivity contribution in [3.63, 3.8) is 0 Å². The van der Waals surface area contributed by atoms with E-state index < -0.39 is 0 Å². The molecule has 3 aromatic carbocycles. The van der Waals surface area contributed by atoms with E-state index in [4.69, 9.17) is 23.2 Å². The predicted octanol–water partition coefficient (Wildman–Crippen LogP) is 5.80. The second-order valence-electron chi connectivity index (χ2n) is 4.97. The normalized spacial score (nSPS) is 10.8. The number of hydrogen-bond acceptors (Lipinski definition) is 1. The molecule has 0 fully saturated rings. The lowest BCUT2D eigenvalue weighted by molar-refractivity contribution is 1.03. The molecule has 0 spiro atoms. The Morgan fingerprint density at radius 2 is 1.52 bits per heavy atom. The van der Waals surface area contributed by atoms with Gasteiger partial charge in [-0.05, 0) is 41.0 Å². The molecule has 1 N–H and O–H groups in total. The van der Waals surface area contributed by atoms with Gasteiger partial charge in [0.05, 0.1) is 0 Å². The fourth-order valence-electron chi connectivity index (χ4n) is 2.51. The fourth-order valence-corrected chi connectivity index (χ4v) is 3.03. The van der Waals surface area contributed by atoms with E-state index >= 15 is 0 Å². The molecular weight excluding hydrogens is 301 g/mol. The topological polar surface area (TPSA) is 12.0 Å². The van der Waals surface area contributed by atoms with Gasteiger partial charge < -0.3 is 5.32 Å². The van der Waals surface area contributed by atoms with Crippen molar-refractivity contribution in [2.24, 2.45) is 0 Å². The predicted molar refractivity (Wildman–Crippen MR) is 92.6 cm³/mol. The Hall–Kier alpha value is -1.70. The number of halogens is 2. The van der Waals surface area contributed by atoms with E-state index in [0.717, 1.165) is 18.7 Å². The highest BCUT2D eigenvalue weighted by Gasteiger charge is 2.01. The van der Waals surface area contributed by atoms with Crippen molar-refractivity contribution < 1.29 is 0 Å². The summed E-state index contributed by atoms with van der Waals surface area (Å²) in [7, 11) is 0. The summed E-state index contributed by atoms with van der Waals surface area (Å²) in [5.41, 5.74) is 2.29. The van der Waals surface area contributed by atoms with Gasteiger partial charge in [0.15, 0.2) is 0 Å². The van der Waals surface area contributed by atoms with E-state index in [2.05, 4.69) is 47.8 Å². The highest BCUT2D eigenvalue weighted by atomic mass is 35.5. The molecule has 0 saturated carbocycles. The highest BCUT2D eigenvalue weighted by molar-refractivity contribution is 6.35. The van der Waals surface area contributed by atoms with E-state index in [0.29, 0.717) is 10.0 Å². The van der Waals surface area contributed by atoms with Crippen LogP contribution in [0.25, 0.3) is 10.8 Å². The van der Waals surface area contributed by atoms with E-state index in [1.807, 2.05) is 12.1 Å². The molecule has 3 aromatic rings. The van der Waals surface area contributed by atoms with Crippen molar-refractivity contribution >= 4 is 39.7 Å². The summed E-state index contributed by atoms with van der Waals surface area (Å²) in [5, 5.41) is 7.26. The molecule has 0 heterocycles. The first kappa shape index (κ1) is 14.2. The van der Waals surface area contributed by atoms with Crippen LogP contribution in [0.2, 0.25) is 10.0 Å². The first-order valence-corrected chi connectivity index (χ1v) is 7.64. The Labute approximate surface area is 134 Å². The maximum atomic E-state index is 6.00. The smallest absolute Gasteiger partial charge is 0.0441 e. The fraction of sp³-hybridized carbons (Fsp3) is 0.111. The standard InChI is InChI=1S/C18H15Cl2N/c19-15-10-16(20)12-17(11-15)21-9-8-14-6-3-5-13-4-1-2-7-18(13)14/h1-7,10-12,21H,8-9H2. The van der Waals surface area contributed by atoms with Crippen LogP contribution in [-0.2, 0) is 6.42 Å². The Kier molecular flexibility index (Phi) is 4.33. The number of anilines is 1. The van der Waals surface area contributed by atoms with Crippen LogP contribution in [-0.4, -0.2) is 6.54 Å². The van der Waals surface area contributed by atoms with Gasteiger partial charge in [-0.15, -0.1) is 0 Å². The molecule has 0 aliphatic heterocycles. The number of fused-ring (bicyclic) bond motifs is 1. The Bertz CT molecular complexity index is 743. The van der Waals surface area contributed by atoms with E-state index in [1.54, 1.807) is 6.07 Å². The first-order chi connectivity index (χ1) is 10.2. The van der Waals surface area contributed by atoms with Crippen molar-refractivity contribution in [2.45, 2.75) is 6.42 Å². The lowest BCUT2D eigenvalue weighted by atomic mass is 10.0. The number of nitrogens with one attached hydrogen (secondary N) is 1. The molecule has 0 radical (unpaired) electrons. The lowest BCUT2D eigenvalue weighted by Crippen LogP contribution is -2.05. The summed E-state index contributed by atoms with van der Waals surface area (Å²) >= 11 is 12.0. The van der Waals surface area contributed by atoms with Crippen LogP contribution in [0, 0.1) is 0 Å². The van der Waals surface area contributed by atoms with E-state index in [9.17, 15) is 0 Å². The van der Waals surface area contributed by atoms with Crippen molar-refractivity contribution in [1.29, 1.82) is 0 Å². The van der Waals surface area contributed by atoms with E-state index in [1.165, 1.54) is 16.3 Å². The minimum Gasteiger partial charge on any atom is -0.385 e. The summed E-state index contributed by atoms with van der Waals surface area (Å²) < 4.78 is 0. The average molecular weight is 316 g/mol. The van der Waals surface area contributed by atoms with Crippen LogP contribution in [0.5, 0.6) is 0 Å². The van der Waals surface area contributed by atoms with Crippen molar-refractivity contribution in [3.05, 3.63) is 76.3 Å². The van der Waals surface area contributed by atoms with Gasteiger partial charge in [0.25, 0.3) is 0 Å². The minimum absolute atomic E-state index is 0.648. The Balaban J connectivity index is 1.72. The molecule has 0 unspecified atom stereocenters. The summed E-state index contributed by atoms with van der Waals surface area (Å²) in [6.45, 7) is 0.838. The molecule has 21 heavy (non-hydrogen) atoms. The van der Waals surface area contributed by atoms with Gasteiger partial charge in [-0.1, -0.05) is 65.7 Å². The zero-order chi connectivity index (χ0) is 14.7. The molecule has 3 heteroatoms. The van der Waals surface area contributed by atoms with Gasteiger partial charge in [-0.3, -0.25) is 0 Å². The quantitative estimate of drug-likeness (QED) is 0.641. The monoisotopic (exact) mass is 315 g/mol. The van der Waals surface area contributed by atoms with Gasteiger partial charge in [-0.2, -0.15) is 0 Å². The van der Waals surface area contributed by atoms with Crippen LogP contribution >= 0.6 is 23.2 Å². The first-order valence-electron chi connectivity index (χ1n) is 6.89. The summed E-state index contributed by atoms with van der Waals surface area (Å²) in [5.74, 6) is 0. The van der Waals surface area contributed by atoms with Crippen LogP contribution in [0.15, 0.2) is 60.7 Å². The van der Waals surface area contributed by atoms with Crippen molar-refractivity contribution in [3.8, 4) is 0 Å². The van der Waals surface area contributed by atoms with Crippen LogP contribution in [0.1, 0.15) is 5.56 Å². The molecule has 0 saturated heterocycles. The second kappa shape index (κ2) is 6.38. The van der Waals surface area contributed by atoms with Gasteiger partial charge in [-0.25, -0.2) is 0 Å². The van der Waals surface area contributed by atoms with Crippen molar-refractivity contribution in [1.82, 2.24) is 0 Å². The molecule has 0 aromatic heterocycles. The molecule has 0 bridgehead atoms. The number of hydrogen-bond donors (Lipinski definition) is 1. The molecule has 0 aliphatic rings. The zero-order valence-corrected chi connectivity index (χ0v) is 13.0. The van der Waals surface area contributed by atoms with Gasteiger partial charge in [0, 0.05) is 22.3 Å². The molecule has 0 amide bonds. The average Bonchev–Trinajstić information content (AvgIpc) is 2.46. The number of benzene rings is 3. The third-order valence-electron chi connectivity index (χ3n) is 3.47. The molecular formula is C18H15Cl2N. The second-order valence-corrected chi connectivity index (χ2v) is 5.85.